The molecule has 0 unspecified atom stereocenters. The van der Waals surface area contributed by atoms with Gasteiger partial charge in [-0.25, -0.2) is 14.4 Å². The fourth-order valence-electron chi connectivity index (χ4n) is 4.04. The number of rotatable bonds is 7. The number of halogens is 1. The first kappa shape index (κ1) is 23.4. The minimum atomic E-state index is -0.358. The highest BCUT2D eigenvalue weighted by Crippen LogP contribution is 2.26. The van der Waals surface area contributed by atoms with Crippen LogP contribution >= 0.6 is 0 Å². The van der Waals surface area contributed by atoms with Crippen LogP contribution in [-0.2, 0) is 0 Å². The van der Waals surface area contributed by atoms with Crippen LogP contribution in [0.2, 0.25) is 0 Å². The van der Waals surface area contributed by atoms with Crippen molar-refractivity contribution in [3.05, 3.63) is 65.7 Å². The third kappa shape index (κ3) is 5.78. The molecule has 2 aromatic heterocycles. The third-order valence-electron chi connectivity index (χ3n) is 5.81. The summed E-state index contributed by atoms with van der Waals surface area (Å²) in [4.78, 5) is 28.1. The molecule has 4 rings (SSSR count). The Morgan fingerprint density at radius 1 is 1.06 bits per heavy atom. The number of aryl methyl sites for hydroxylation is 1. The van der Waals surface area contributed by atoms with Crippen LogP contribution in [0.3, 0.4) is 0 Å². The molecule has 34 heavy (non-hydrogen) atoms. The number of amides is 1. The average molecular weight is 465 g/mol. The number of ether oxygens (including phenoxy) is 1. The Hall–Kier alpha value is -3.75. The highest BCUT2D eigenvalue weighted by atomic mass is 19.1. The van der Waals surface area contributed by atoms with Crippen LogP contribution < -0.4 is 20.3 Å². The predicted octanol–water partition coefficient (Wildman–Crippen LogP) is 4.33. The van der Waals surface area contributed by atoms with Crippen LogP contribution in [-0.4, -0.2) is 47.0 Å². The summed E-state index contributed by atoms with van der Waals surface area (Å²) in [6, 6.07) is 9.27. The lowest BCUT2D eigenvalue weighted by atomic mass is 9.91. The molecule has 8 nitrogen and oxygen atoms in total. The molecule has 2 heterocycles. The molecule has 1 aliphatic rings. The molecule has 1 fully saturated rings. The Balaban J connectivity index is 1.33. The molecule has 9 heteroatoms. The Labute approximate surface area is 198 Å². The number of hydrogen-bond donors (Lipinski definition) is 2. The molecule has 0 radical (unpaired) electrons. The minimum Gasteiger partial charge on any atom is -0.438 e. The van der Waals surface area contributed by atoms with Crippen LogP contribution in [0.1, 0.15) is 41.6 Å². The van der Waals surface area contributed by atoms with Crippen molar-refractivity contribution in [3.63, 3.8) is 0 Å². The van der Waals surface area contributed by atoms with E-state index >= 15 is 0 Å². The fraction of sp³-hybridized carbons (Fsp3) is 0.360. The Kier molecular flexibility index (Phi) is 7.20. The van der Waals surface area contributed by atoms with E-state index in [-0.39, 0.29) is 29.7 Å². The van der Waals surface area contributed by atoms with Crippen LogP contribution in [0.4, 0.5) is 16.2 Å². The highest BCUT2D eigenvalue weighted by molar-refractivity contribution is 5.96. The first-order valence-corrected chi connectivity index (χ1v) is 11.4. The monoisotopic (exact) mass is 464 g/mol. The molecule has 0 atom stereocenters. The van der Waals surface area contributed by atoms with Gasteiger partial charge < -0.3 is 20.3 Å². The maximum absolute atomic E-state index is 13.2. The van der Waals surface area contributed by atoms with Crippen molar-refractivity contribution in [1.29, 1.82) is 0 Å². The first-order chi connectivity index (χ1) is 16.4. The summed E-state index contributed by atoms with van der Waals surface area (Å²) in [5.74, 6) is 1.53. The van der Waals surface area contributed by atoms with Gasteiger partial charge >= 0.3 is 0 Å². The van der Waals surface area contributed by atoms with Gasteiger partial charge in [0.15, 0.2) is 0 Å². The number of anilines is 2. The minimum absolute atomic E-state index is 0.0562. The molecule has 0 spiro atoms. The fourth-order valence-corrected chi connectivity index (χ4v) is 4.04. The lowest BCUT2D eigenvalue weighted by Gasteiger charge is -2.30. The van der Waals surface area contributed by atoms with E-state index < -0.39 is 0 Å². The molecule has 178 valence electrons. The van der Waals surface area contributed by atoms with Gasteiger partial charge in [0.2, 0.25) is 11.8 Å². The zero-order valence-electron chi connectivity index (χ0n) is 19.6. The summed E-state index contributed by atoms with van der Waals surface area (Å²) < 4.78 is 18.9. The normalized spacial score (nSPS) is 17.6. The van der Waals surface area contributed by atoms with Crippen molar-refractivity contribution in [1.82, 2.24) is 20.3 Å². The number of carbonyl (C=O) groups is 1. The van der Waals surface area contributed by atoms with E-state index in [1.165, 1.54) is 24.3 Å². The van der Waals surface area contributed by atoms with E-state index in [0.29, 0.717) is 17.3 Å². The van der Waals surface area contributed by atoms with Crippen molar-refractivity contribution in [2.75, 3.05) is 24.3 Å². The smallest absolute Gasteiger partial charge is 0.257 e. The van der Waals surface area contributed by atoms with Crippen LogP contribution in [0.25, 0.3) is 0 Å². The largest absolute Gasteiger partial charge is 0.438 e. The van der Waals surface area contributed by atoms with Crippen molar-refractivity contribution in [2.45, 2.75) is 44.7 Å². The number of nitrogens with one attached hydrogen (secondary N) is 2. The van der Waals surface area contributed by atoms with Crippen molar-refractivity contribution in [2.24, 2.45) is 0 Å². The molecule has 2 N–H and O–H groups in total. The van der Waals surface area contributed by atoms with Crippen molar-refractivity contribution in [3.8, 4) is 11.6 Å². The van der Waals surface area contributed by atoms with E-state index in [9.17, 15) is 9.18 Å². The number of nitrogens with zero attached hydrogens (tertiary/aromatic N) is 4. The van der Waals surface area contributed by atoms with E-state index in [0.717, 1.165) is 37.1 Å². The maximum atomic E-state index is 13.2. The highest BCUT2D eigenvalue weighted by Gasteiger charge is 2.25. The molecular weight excluding hydrogens is 435 g/mol. The maximum Gasteiger partial charge on any atom is 0.257 e. The predicted molar refractivity (Wildman–Crippen MR) is 129 cm³/mol. The molecule has 0 aliphatic heterocycles. The van der Waals surface area contributed by atoms with Gasteiger partial charge in [-0.1, -0.05) is 0 Å². The van der Waals surface area contributed by atoms with Crippen LogP contribution in [0.5, 0.6) is 11.6 Å². The third-order valence-corrected chi connectivity index (χ3v) is 5.81. The van der Waals surface area contributed by atoms with Gasteiger partial charge in [-0.05, 0) is 69.0 Å². The summed E-state index contributed by atoms with van der Waals surface area (Å²) in [6.07, 6.45) is 6.85. The first-order valence-electron chi connectivity index (χ1n) is 11.4. The van der Waals surface area contributed by atoms with Gasteiger partial charge in [0.05, 0.1) is 0 Å². The lowest BCUT2D eigenvalue weighted by Crippen LogP contribution is -2.40. The van der Waals surface area contributed by atoms with E-state index in [1.807, 2.05) is 32.1 Å². The molecule has 1 aromatic carbocycles. The molecule has 3 aromatic rings. The summed E-state index contributed by atoms with van der Waals surface area (Å²) in [6.45, 7) is 1.99. The summed E-state index contributed by atoms with van der Waals surface area (Å²) in [5.41, 5.74) is 1.37. The number of benzene rings is 1. The number of hydrogen-bond acceptors (Lipinski definition) is 7. The van der Waals surface area contributed by atoms with Crippen molar-refractivity contribution < 1.29 is 13.9 Å². The molecule has 1 saturated carbocycles. The van der Waals surface area contributed by atoms with Gasteiger partial charge in [-0.15, -0.1) is 0 Å². The standard InChI is InChI=1S/C25H29FN6O2/c1-16-15-28-25(31-22(16)32(2)3)30-19-10-8-18(9-11-19)29-23(33)21-5-4-14-27-24(21)34-20-12-6-17(26)7-13-20/h4-7,12-15,18-19H,8-11H2,1-3H3,(H,29,33)(H,28,30,31). The van der Waals surface area contributed by atoms with Gasteiger partial charge in [0.25, 0.3) is 5.91 Å². The lowest BCUT2D eigenvalue weighted by molar-refractivity contribution is 0.0923. The number of carbonyl (C=O) groups excluding carboxylic acids is 1. The number of pyridine rings is 1. The molecule has 1 amide bonds. The topological polar surface area (TPSA) is 92.3 Å². The summed E-state index contributed by atoms with van der Waals surface area (Å²) in [7, 11) is 3.93. The summed E-state index contributed by atoms with van der Waals surface area (Å²) >= 11 is 0. The van der Waals surface area contributed by atoms with Gasteiger partial charge in [-0.2, -0.15) is 4.98 Å². The molecular formula is C25H29FN6O2. The van der Waals surface area contributed by atoms with Gasteiger partial charge in [-0.3, -0.25) is 4.79 Å². The van der Waals surface area contributed by atoms with E-state index in [2.05, 4.69) is 25.6 Å². The second-order valence-corrected chi connectivity index (χ2v) is 8.67. The van der Waals surface area contributed by atoms with E-state index in [4.69, 9.17) is 4.74 Å². The Morgan fingerprint density at radius 3 is 2.47 bits per heavy atom. The zero-order chi connectivity index (χ0) is 24.1. The molecule has 0 bridgehead atoms. The Morgan fingerprint density at radius 2 is 1.76 bits per heavy atom. The van der Waals surface area contributed by atoms with Gasteiger partial charge in [0.1, 0.15) is 22.9 Å². The Bertz CT molecular complexity index is 1130. The molecule has 1 aliphatic carbocycles. The second kappa shape index (κ2) is 10.5. The zero-order valence-corrected chi connectivity index (χ0v) is 19.6. The van der Waals surface area contributed by atoms with Crippen LogP contribution in [0.15, 0.2) is 48.8 Å². The summed E-state index contributed by atoms with van der Waals surface area (Å²) in [5, 5.41) is 6.53. The molecule has 0 saturated heterocycles. The quantitative estimate of drug-likeness (QED) is 0.538. The number of aromatic nitrogens is 3. The van der Waals surface area contributed by atoms with Crippen molar-refractivity contribution >= 4 is 17.7 Å². The van der Waals surface area contributed by atoms with Crippen LogP contribution in [0, 0.1) is 12.7 Å². The van der Waals surface area contributed by atoms with Gasteiger partial charge in [0, 0.05) is 44.1 Å². The van der Waals surface area contributed by atoms with E-state index in [1.54, 1.807) is 18.3 Å². The second-order valence-electron chi connectivity index (χ2n) is 8.67. The SMILES string of the molecule is Cc1cnc(NC2CCC(NC(=O)c3cccnc3Oc3ccc(F)cc3)CC2)nc1N(C)C. The average Bonchev–Trinajstić information content (AvgIpc) is 2.83.